The fourth-order valence-electron chi connectivity index (χ4n) is 3.23. The first-order valence-electron chi connectivity index (χ1n) is 8.98. The van der Waals surface area contributed by atoms with Crippen LogP contribution in [-0.4, -0.2) is 29.2 Å². The second-order valence-corrected chi connectivity index (χ2v) is 7.56. The van der Waals surface area contributed by atoms with Crippen LogP contribution < -0.4 is 5.32 Å². The molecule has 140 valence electrons. The van der Waals surface area contributed by atoms with Crippen LogP contribution in [0, 0.1) is 0 Å². The molecule has 3 amide bonds. The minimum atomic E-state index is -0.300. The molecular formula is C22H18N2O3S. The largest absolute Gasteiger partial charge is 0.352 e. The van der Waals surface area contributed by atoms with Crippen molar-refractivity contribution >= 4 is 29.1 Å². The van der Waals surface area contributed by atoms with Crippen LogP contribution in [0.25, 0.3) is 0 Å². The van der Waals surface area contributed by atoms with Gasteiger partial charge in [0.2, 0.25) is 0 Å². The average Bonchev–Trinajstić information content (AvgIpc) is 3.32. The Morgan fingerprint density at radius 3 is 2.36 bits per heavy atom. The first kappa shape index (κ1) is 18.1. The second-order valence-electron chi connectivity index (χ2n) is 6.53. The quantitative estimate of drug-likeness (QED) is 0.655. The number of carbonyl (C=O) groups is 3. The van der Waals surface area contributed by atoms with E-state index in [0.717, 1.165) is 12.0 Å². The van der Waals surface area contributed by atoms with E-state index in [9.17, 15) is 14.4 Å². The van der Waals surface area contributed by atoms with Gasteiger partial charge in [-0.25, -0.2) is 0 Å². The molecule has 1 aliphatic heterocycles. The van der Waals surface area contributed by atoms with E-state index in [1.165, 1.54) is 9.78 Å². The Bertz CT molecular complexity index is 1010. The summed E-state index contributed by atoms with van der Waals surface area (Å²) in [5.41, 5.74) is 2.10. The first-order valence-corrected chi connectivity index (χ1v) is 9.86. The van der Waals surface area contributed by atoms with Crippen molar-refractivity contribution in [3.8, 4) is 0 Å². The Morgan fingerprint density at radius 2 is 1.68 bits per heavy atom. The van der Waals surface area contributed by atoms with E-state index in [2.05, 4.69) is 5.32 Å². The molecule has 28 heavy (non-hydrogen) atoms. The smallest absolute Gasteiger partial charge is 0.261 e. The van der Waals surface area contributed by atoms with E-state index >= 15 is 0 Å². The summed E-state index contributed by atoms with van der Waals surface area (Å²) in [5.74, 6) is -0.765. The lowest BCUT2D eigenvalue weighted by molar-refractivity contribution is 0.0642. The predicted molar refractivity (Wildman–Crippen MR) is 107 cm³/mol. The summed E-state index contributed by atoms with van der Waals surface area (Å²) in [4.78, 5) is 39.9. The highest BCUT2D eigenvalue weighted by molar-refractivity contribution is 7.09. The number of nitrogens with zero attached hydrogens (tertiary/aromatic N) is 1. The van der Waals surface area contributed by atoms with Crippen molar-refractivity contribution < 1.29 is 14.4 Å². The molecule has 0 fully saturated rings. The summed E-state index contributed by atoms with van der Waals surface area (Å²) < 4.78 is 0. The lowest BCUT2D eigenvalue weighted by Crippen LogP contribution is -2.29. The number of thiophene rings is 1. The third kappa shape index (κ3) is 3.59. The molecule has 6 heteroatoms. The molecule has 0 saturated carbocycles. The molecule has 0 aliphatic carbocycles. The fraction of sp³-hybridized carbons (Fsp3) is 0.136. The summed E-state index contributed by atoms with van der Waals surface area (Å²) >= 11 is 1.67. The fourth-order valence-corrected chi connectivity index (χ4v) is 3.94. The second kappa shape index (κ2) is 7.78. The van der Waals surface area contributed by atoms with Crippen LogP contribution in [0.5, 0.6) is 0 Å². The van der Waals surface area contributed by atoms with Gasteiger partial charge in [0, 0.05) is 17.0 Å². The predicted octanol–water partition coefficient (Wildman–Crippen LogP) is 3.52. The molecule has 0 atom stereocenters. The zero-order chi connectivity index (χ0) is 19.5. The third-order valence-electron chi connectivity index (χ3n) is 4.65. The van der Waals surface area contributed by atoms with Crippen molar-refractivity contribution in [2.24, 2.45) is 0 Å². The van der Waals surface area contributed by atoms with Crippen molar-refractivity contribution in [2.75, 3.05) is 6.54 Å². The molecule has 2 aromatic carbocycles. The van der Waals surface area contributed by atoms with Gasteiger partial charge in [-0.05, 0) is 47.7 Å². The molecule has 0 bridgehead atoms. The third-order valence-corrected chi connectivity index (χ3v) is 5.58. The lowest BCUT2D eigenvalue weighted by Gasteiger charge is -2.14. The Balaban J connectivity index is 1.42. The molecule has 2 heterocycles. The Kier molecular flexibility index (Phi) is 5.04. The number of benzene rings is 2. The molecular weight excluding hydrogens is 372 g/mol. The Hall–Kier alpha value is -3.25. The average molecular weight is 390 g/mol. The zero-order valence-electron chi connectivity index (χ0n) is 15.1. The molecule has 0 saturated heterocycles. The van der Waals surface area contributed by atoms with Crippen molar-refractivity contribution in [1.82, 2.24) is 10.2 Å². The minimum Gasteiger partial charge on any atom is -0.352 e. The zero-order valence-corrected chi connectivity index (χ0v) is 15.9. The molecule has 3 aromatic rings. The number of hydrogen-bond donors (Lipinski definition) is 1. The summed E-state index contributed by atoms with van der Waals surface area (Å²) in [6.07, 6.45) is 0.790. The van der Waals surface area contributed by atoms with Crippen molar-refractivity contribution in [1.29, 1.82) is 0 Å². The van der Waals surface area contributed by atoms with Gasteiger partial charge >= 0.3 is 0 Å². The van der Waals surface area contributed by atoms with Gasteiger partial charge in [0.25, 0.3) is 17.7 Å². The van der Waals surface area contributed by atoms with Crippen LogP contribution in [-0.2, 0) is 13.0 Å². The molecule has 4 rings (SSSR count). The van der Waals surface area contributed by atoms with E-state index in [0.29, 0.717) is 23.2 Å². The molecule has 1 aromatic heterocycles. The van der Waals surface area contributed by atoms with Crippen LogP contribution in [0.15, 0.2) is 66.0 Å². The maximum Gasteiger partial charge on any atom is 0.261 e. The van der Waals surface area contributed by atoms with Gasteiger partial charge in [0.1, 0.15) is 0 Å². The Labute approximate surface area is 166 Å². The SMILES string of the molecule is O=C(NCCc1cccs1)c1cccc(CN2C(=O)c3ccccc3C2=O)c1. The topological polar surface area (TPSA) is 66.5 Å². The number of imide groups is 1. The van der Waals surface area contributed by atoms with Gasteiger partial charge in [0.05, 0.1) is 17.7 Å². The molecule has 1 aliphatic rings. The van der Waals surface area contributed by atoms with Gasteiger partial charge in [-0.3, -0.25) is 19.3 Å². The van der Waals surface area contributed by atoms with Crippen LogP contribution in [0.4, 0.5) is 0 Å². The summed E-state index contributed by atoms with van der Waals surface area (Å²) in [6, 6.07) is 17.9. The molecule has 0 unspecified atom stereocenters. The first-order chi connectivity index (χ1) is 13.6. The number of fused-ring (bicyclic) bond motifs is 1. The normalized spacial score (nSPS) is 12.9. The lowest BCUT2D eigenvalue weighted by atomic mass is 10.1. The van der Waals surface area contributed by atoms with Gasteiger partial charge in [-0.15, -0.1) is 11.3 Å². The molecule has 0 radical (unpaired) electrons. The molecule has 0 spiro atoms. The number of amides is 3. The van der Waals surface area contributed by atoms with Crippen molar-refractivity contribution in [3.05, 3.63) is 93.2 Å². The van der Waals surface area contributed by atoms with Gasteiger partial charge in [-0.1, -0.05) is 30.3 Å². The number of rotatable bonds is 6. The summed E-state index contributed by atoms with van der Waals surface area (Å²) in [5, 5.41) is 4.92. The van der Waals surface area contributed by atoms with E-state index in [4.69, 9.17) is 0 Å². The van der Waals surface area contributed by atoms with Crippen LogP contribution in [0.1, 0.15) is 41.5 Å². The van der Waals surface area contributed by atoms with Gasteiger partial charge in [0.15, 0.2) is 0 Å². The van der Waals surface area contributed by atoms with Crippen molar-refractivity contribution in [2.45, 2.75) is 13.0 Å². The van der Waals surface area contributed by atoms with Gasteiger partial charge < -0.3 is 5.32 Å². The van der Waals surface area contributed by atoms with Gasteiger partial charge in [-0.2, -0.15) is 0 Å². The highest BCUT2D eigenvalue weighted by atomic mass is 32.1. The standard InChI is InChI=1S/C22H18N2O3S/c25-20(23-11-10-17-7-4-12-28-17)16-6-3-5-15(13-16)14-24-21(26)18-8-1-2-9-19(18)22(24)27/h1-9,12-13H,10-11,14H2,(H,23,25). The Morgan fingerprint density at radius 1 is 0.929 bits per heavy atom. The number of hydrogen-bond acceptors (Lipinski definition) is 4. The summed E-state index contributed by atoms with van der Waals surface area (Å²) in [7, 11) is 0. The molecule has 1 N–H and O–H groups in total. The maximum absolute atomic E-state index is 12.5. The summed E-state index contributed by atoms with van der Waals surface area (Å²) in [6.45, 7) is 0.699. The van der Waals surface area contributed by atoms with Crippen LogP contribution in [0.2, 0.25) is 0 Å². The number of nitrogens with one attached hydrogen (secondary N) is 1. The highest BCUT2D eigenvalue weighted by Crippen LogP contribution is 2.24. The van der Waals surface area contributed by atoms with Crippen LogP contribution in [0.3, 0.4) is 0 Å². The number of carbonyl (C=O) groups excluding carboxylic acids is 3. The van der Waals surface area contributed by atoms with E-state index in [1.54, 1.807) is 53.8 Å². The maximum atomic E-state index is 12.5. The highest BCUT2D eigenvalue weighted by Gasteiger charge is 2.34. The van der Waals surface area contributed by atoms with Crippen molar-refractivity contribution in [3.63, 3.8) is 0 Å². The minimum absolute atomic E-state index is 0.142. The van der Waals surface area contributed by atoms with E-state index in [1.807, 2.05) is 23.6 Å². The van der Waals surface area contributed by atoms with Crippen LogP contribution >= 0.6 is 11.3 Å². The monoisotopic (exact) mass is 390 g/mol. The van der Waals surface area contributed by atoms with E-state index in [-0.39, 0.29) is 24.3 Å². The van der Waals surface area contributed by atoms with E-state index < -0.39 is 0 Å². The molecule has 5 nitrogen and oxygen atoms in total.